The number of nitrogens with zero attached hydrogens (tertiary/aromatic N) is 2. The van der Waals surface area contributed by atoms with Crippen LogP contribution in [0.5, 0.6) is 0 Å². The molecule has 140 valence electrons. The van der Waals surface area contributed by atoms with Gasteiger partial charge in [-0.15, -0.1) is 0 Å². The van der Waals surface area contributed by atoms with Gasteiger partial charge in [0.1, 0.15) is 11.4 Å². The lowest BCUT2D eigenvalue weighted by Gasteiger charge is -2.59. The number of halogens is 2. The summed E-state index contributed by atoms with van der Waals surface area (Å²) in [5, 5.41) is 4.64. The topological polar surface area (TPSA) is 23.6 Å². The van der Waals surface area contributed by atoms with Gasteiger partial charge in [0, 0.05) is 11.6 Å². The molecule has 1 saturated heterocycles. The van der Waals surface area contributed by atoms with Crippen LogP contribution in [-0.4, -0.2) is 27.5 Å². The van der Waals surface area contributed by atoms with E-state index in [0.717, 1.165) is 29.7 Å². The molecular formula is C21H26ClFN2O. The molecule has 0 aromatic heterocycles. The van der Waals surface area contributed by atoms with Gasteiger partial charge in [0.25, 0.3) is 5.91 Å². The Morgan fingerprint density at radius 1 is 1.15 bits per heavy atom. The van der Waals surface area contributed by atoms with Gasteiger partial charge < -0.3 is 0 Å². The second kappa shape index (κ2) is 5.68. The first-order valence-corrected chi connectivity index (χ1v) is 10.3. The van der Waals surface area contributed by atoms with Crippen LogP contribution in [0.15, 0.2) is 18.2 Å². The number of hydrogen-bond acceptors (Lipinski definition) is 2. The highest BCUT2D eigenvalue weighted by molar-refractivity contribution is 6.31. The molecule has 1 aliphatic heterocycles. The van der Waals surface area contributed by atoms with Crippen LogP contribution in [0.1, 0.15) is 51.5 Å². The van der Waals surface area contributed by atoms with Gasteiger partial charge in [-0.1, -0.05) is 17.7 Å². The minimum Gasteiger partial charge on any atom is -0.271 e. The van der Waals surface area contributed by atoms with Crippen molar-refractivity contribution in [2.75, 3.05) is 0 Å². The summed E-state index contributed by atoms with van der Waals surface area (Å²) in [4.78, 5) is 13.0. The molecule has 4 fully saturated rings. The van der Waals surface area contributed by atoms with E-state index >= 15 is 0 Å². The minimum absolute atomic E-state index is 0.222. The molecule has 5 atom stereocenters. The van der Waals surface area contributed by atoms with Crippen LogP contribution in [0.4, 0.5) is 4.39 Å². The third-order valence-electron chi connectivity index (χ3n) is 7.66. The predicted octanol–water partition coefficient (Wildman–Crippen LogP) is 4.64. The number of carbonyl (C=O) groups is 1. The Hall–Kier alpha value is -1.13. The zero-order valence-electron chi connectivity index (χ0n) is 15.4. The van der Waals surface area contributed by atoms with Crippen LogP contribution in [0, 0.1) is 29.5 Å². The molecule has 1 aromatic carbocycles. The summed E-state index contributed by atoms with van der Waals surface area (Å²) in [6, 6.07) is 4.87. The van der Waals surface area contributed by atoms with Gasteiger partial charge in [0.05, 0.1) is 6.04 Å². The standard InChI is InChI=1S/C21H26ClFN2O/c1-21(2)20(26)25(24(21)11-13-3-5-16(23)10-18(13)22)19-6-4-12-7-14-8-15(19)9-17(12)14/h3,5,10,12,14-15,17,19H,4,6-9,11H2,1-2H3. The Morgan fingerprint density at radius 2 is 1.92 bits per heavy atom. The average Bonchev–Trinajstić information content (AvgIpc) is 2.82. The first-order chi connectivity index (χ1) is 12.4. The zero-order valence-corrected chi connectivity index (χ0v) is 16.2. The molecule has 3 aliphatic carbocycles. The van der Waals surface area contributed by atoms with E-state index in [1.165, 1.54) is 37.8 Å². The van der Waals surface area contributed by atoms with E-state index in [1.807, 2.05) is 18.9 Å². The second-order valence-electron chi connectivity index (χ2n) is 9.30. The summed E-state index contributed by atoms with van der Waals surface area (Å²) >= 11 is 6.26. The molecule has 26 heavy (non-hydrogen) atoms. The lowest BCUT2D eigenvalue weighted by Crippen LogP contribution is -2.77. The number of hydrogen-bond donors (Lipinski definition) is 0. The van der Waals surface area contributed by atoms with E-state index in [4.69, 9.17) is 11.6 Å². The summed E-state index contributed by atoms with van der Waals surface area (Å²) in [5.74, 6) is 3.28. The Morgan fingerprint density at radius 3 is 2.69 bits per heavy atom. The normalized spacial score (nSPS) is 37.9. The highest BCUT2D eigenvalue weighted by atomic mass is 35.5. The third-order valence-corrected chi connectivity index (χ3v) is 8.01. The smallest absolute Gasteiger partial charge is 0.258 e. The summed E-state index contributed by atoms with van der Waals surface area (Å²) in [6.45, 7) is 4.52. The molecule has 5 rings (SSSR count). The lowest BCUT2D eigenvalue weighted by molar-refractivity contribution is -0.234. The van der Waals surface area contributed by atoms with Crippen molar-refractivity contribution in [1.29, 1.82) is 0 Å². The van der Waals surface area contributed by atoms with Gasteiger partial charge in [-0.05, 0) is 87.3 Å². The van der Waals surface area contributed by atoms with E-state index in [1.54, 1.807) is 6.07 Å². The Kier molecular flexibility index (Phi) is 3.72. The maximum atomic E-state index is 13.4. The second-order valence-corrected chi connectivity index (χ2v) is 9.71. The van der Waals surface area contributed by atoms with Crippen LogP contribution < -0.4 is 0 Å². The summed E-state index contributed by atoms with van der Waals surface area (Å²) in [6.07, 6.45) is 6.39. The maximum absolute atomic E-state index is 13.4. The fraction of sp³-hybridized carbons (Fsp3) is 0.667. The summed E-state index contributed by atoms with van der Waals surface area (Å²) in [5.41, 5.74) is 0.352. The van der Waals surface area contributed by atoms with Crippen molar-refractivity contribution in [1.82, 2.24) is 10.0 Å². The van der Waals surface area contributed by atoms with Gasteiger partial charge in [0.15, 0.2) is 0 Å². The molecule has 3 saturated carbocycles. The number of rotatable bonds is 3. The highest BCUT2D eigenvalue weighted by Crippen LogP contribution is 2.59. The summed E-state index contributed by atoms with van der Waals surface area (Å²) < 4.78 is 13.4. The number of amides is 1. The predicted molar refractivity (Wildman–Crippen MR) is 98.7 cm³/mol. The van der Waals surface area contributed by atoms with Crippen molar-refractivity contribution in [3.05, 3.63) is 34.6 Å². The van der Waals surface area contributed by atoms with Crippen molar-refractivity contribution in [3.8, 4) is 0 Å². The van der Waals surface area contributed by atoms with Crippen LogP contribution in [-0.2, 0) is 11.3 Å². The lowest BCUT2D eigenvalue weighted by atomic mass is 9.64. The molecule has 1 amide bonds. The Bertz CT molecular complexity index is 766. The van der Waals surface area contributed by atoms with Crippen molar-refractivity contribution < 1.29 is 9.18 Å². The zero-order chi connectivity index (χ0) is 18.2. The Labute approximate surface area is 159 Å². The van der Waals surface area contributed by atoms with Gasteiger partial charge >= 0.3 is 0 Å². The molecule has 1 heterocycles. The molecule has 0 N–H and O–H groups in total. The average molecular weight is 377 g/mol. The monoisotopic (exact) mass is 376 g/mol. The van der Waals surface area contributed by atoms with E-state index in [2.05, 4.69) is 5.01 Å². The fourth-order valence-electron chi connectivity index (χ4n) is 6.15. The molecule has 3 nitrogen and oxygen atoms in total. The van der Waals surface area contributed by atoms with E-state index < -0.39 is 5.54 Å². The first-order valence-electron chi connectivity index (χ1n) is 9.91. The van der Waals surface area contributed by atoms with Gasteiger partial charge in [-0.3, -0.25) is 9.80 Å². The third kappa shape index (κ3) is 2.31. The number of benzene rings is 1. The van der Waals surface area contributed by atoms with Gasteiger partial charge in [-0.2, -0.15) is 5.01 Å². The van der Waals surface area contributed by atoms with E-state index in [0.29, 0.717) is 23.5 Å². The van der Waals surface area contributed by atoms with Crippen LogP contribution in [0.2, 0.25) is 5.02 Å². The molecule has 1 aromatic rings. The summed E-state index contributed by atoms with van der Waals surface area (Å²) in [7, 11) is 0. The van der Waals surface area contributed by atoms with Crippen molar-refractivity contribution in [3.63, 3.8) is 0 Å². The molecule has 4 aliphatic rings. The quantitative estimate of drug-likeness (QED) is 0.767. The van der Waals surface area contributed by atoms with E-state index in [9.17, 15) is 9.18 Å². The molecule has 2 bridgehead atoms. The number of fused-ring (bicyclic) bond motifs is 1. The van der Waals surface area contributed by atoms with Crippen LogP contribution >= 0.6 is 11.6 Å². The van der Waals surface area contributed by atoms with Crippen molar-refractivity contribution in [2.45, 2.75) is 64.1 Å². The largest absolute Gasteiger partial charge is 0.271 e. The fourth-order valence-corrected chi connectivity index (χ4v) is 6.37. The SMILES string of the molecule is CC1(C)C(=O)N(C2CCC3CC4CC2CC34)N1Cc1ccc(F)cc1Cl. The minimum atomic E-state index is -0.523. The van der Waals surface area contributed by atoms with Crippen molar-refractivity contribution in [2.24, 2.45) is 23.7 Å². The Balaban J connectivity index is 1.41. The van der Waals surface area contributed by atoms with Crippen molar-refractivity contribution >= 4 is 17.5 Å². The highest BCUT2D eigenvalue weighted by Gasteiger charge is 2.59. The van der Waals surface area contributed by atoms with Crippen LogP contribution in [0.25, 0.3) is 0 Å². The molecule has 5 heteroatoms. The van der Waals surface area contributed by atoms with Gasteiger partial charge in [-0.25, -0.2) is 4.39 Å². The number of hydrazine groups is 1. The van der Waals surface area contributed by atoms with E-state index in [-0.39, 0.29) is 11.7 Å². The molecule has 0 radical (unpaired) electrons. The molecular weight excluding hydrogens is 351 g/mol. The van der Waals surface area contributed by atoms with Crippen LogP contribution in [0.3, 0.4) is 0 Å². The molecule has 0 spiro atoms. The van der Waals surface area contributed by atoms with Gasteiger partial charge in [0.2, 0.25) is 0 Å². The first kappa shape index (κ1) is 17.0. The molecule has 5 unspecified atom stereocenters. The maximum Gasteiger partial charge on any atom is 0.258 e. The number of carbonyl (C=O) groups excluding carboxylic acids is 1.